The van der Waals surface area contributed by atoms with Crippen molar-refractivity contribution in [3.63, 3.8) is 0 Å². The lowest BCUT2D eigenvalue weighted by Gasteiger charge is -2.15. The number of ether oxygens (including phenoxy) is 4. The molecule has 0 aromatic carbocycles. The van der Waals surface area contributed by atoms with Gasteiger partial charge in [0.15, 0.2) is 12.2 Å². The number of hydrogen-bond donors (Lipinski definition) is 0. The zero-order valence-corrected chi connectivity index (χ0v) is 14.8. The third-order valence-electron chi connectivity index (χ3n) is 2.08. The molecule has 0 fully saturated rings. The fourth-order valence-corrected chi connectivity index (χ4v) is 1.68. The highest BCUT2D eigenvalue weighted by molar-refractivity contribution is 8.25. The minimum Gasteiger partial charge on any atom is -0.460 e. The molecule has 0 N–H and O–H groups in total. The Morgan fingerprint density at radius 1 is 0.609 bits per heavy atom. The van der Waals surface area contributed by atoms with Crippen LogP contribution in [0.5, 0.6) is 0 Å². The second kappa shape index (κ2) is 10.1. The summed E-state index contributed by atoms with van der Waals surface area (Å²) in [6.07, 6.45) is -3.02. The van der Waals surface area contributed by atoms with Gasteiger partial charge in [-0.05, 0) is 41.5 Å². The molecule has 0 saturated carbocycles. The summed E-state index contributed by atoms with van der Waals surface area (Å²) in [4.78, 5) is 45.9. The molecule has 23 heavy (non-hydrogen) atoms. The zero-order valence-electron chi connectivity index (χ0n) is 14.0. The van der Waals surface area contributed by atoms with Crippen LogP contribution < -0.4 is 0 Å². The van der Waals surface area contributed by atoms with Gasteiger partial charge in [-0.1, -0.05) is 0 Å². The Bertz CT molecular complexity index is 406. The highest BCUT2D eigenvalue weighted by atomic mass is 32.2. The van der Waals surface area contributed by atoms with Crippen molar-refractivity contribution in [2.24, 2.45) is 0 Å². The van der Waals surface area contributed by atoms with E-state index in [2.05, 4.69) is 0 Å². The van der Waals surface area contributed by atoms with Crippen molar-refractivity contribution in [1.82, 2.24) is 0 Å². The molecule has 0 aliphatic rings. The molecule has 2 atom stereocenters. The monoisotopic (exact) mass is 350 g/mol. The molecule has 0 saturated heterocycles. The number of carbonyl (C=O) groups excluding carboxylic acids is 4. The molecular weight excluding hydrogens is 328 g/mol. The van der Waals surface area contributed by atoms with Gasteiger partial charge in [-0.15, -0.1) is 0 Å². The van der Waals surface area contributed by atoms with Gasteiger partial charge in [0.1, 0.15) is 0 Å². The van der Waals surface area contributed by atoms with E-state index in [1.165, 1.54) is 13.8 Å². The Labute approximate surface area is 139 Å². The molecular formula is C14H22O8S. The van der Waals surface area contributed by atoms with Gasteiger partial charge >= 0.3 is 22.5 Å². The van der Waals surface area contributed by atoms with Crippen LogP contribution in [0.3, 0.4) is 0 Å². The van der Waals surface area contributed by atoms with Crippen molar-refractivity contribution in [2.75, 3.05) is 0 Å². The predicted molar refractivity (Wildman–Crippen MR) is 81.9 cm³/mol. The summed E-state index contributed by atoms with van der Waals surface area (Å²) in [6.45, 7) is 9.23. The molecule has 2 unspecified atom stereocenters. The van der Waals surface area contributed by atoms with Crippen LogP contribution in [0, 0.1) is 0 Å². The molecule has 0 radical (unpaired) electrons. The fourth-order valence-electron chi connectivity index (χ4n) is 1.16. The Morgan fingerprint density at radius 2 is 0.913 bits per heavy atom. The van der Waals surface area contributed by atoms with Crippen LogP contribution in [-0.2, 0) is 28.5 Å². The molecule has 8 nitrogen and oxygen atoms in total. The van der Waals surface area contributed by atoms with Crippen molar-refractivity contribution in [3.05, 3.63) is 0 Å². The number of esters is 2. The summed E-state index contributed by atoms with van der Waals surface area (Å²) < 4.78 is 19.1. The standard InChI is InChI=1S/C14H22O8S/c1-7(2)19-11(15)9(5)21-13(17)23-14(18)22-10(6)12(16)20-8(3)4/h7-10H,1-6H3. The van der Waals surface area contributed by atoms with Gasteiger partial charge in [-0.2, -0.15) is 0 Å². The van der Waals surface area contributed by atoms with Crippen LogP contribution >= 0.6 is 11.8 Å². The van der Waals surface area contributed by atoms with Crippen LogP contribution in [0.4, 0.5) is 9.59 Å². The lowest BCUT2D eigenvalue weighted by atomic mass is 10.4. The largest absolute Gasteiger partial charge is 0.460 e. The number of thioether (sulfide) groups is 1. The van der Waals surface area contributed by atoms with Gasteiger partial charge < -0.3 is 18.9 Å². The minimum atomic E-state index is -1.16. The summed E-state index contributed by atoms with van der Waals surface area (Å²) in [5.74, 6) is -1.45. The first-order valence-corrected chi connectivity index (χ1v) is 7.84. The topological polar surface area (TPSA) is 105 Å². The van der Waals surface area contributed by atoms with E-state index in [0.717, 1.165) is 0 Å². The zero-order chi connectivity index (χ0) is 18.2. The molecule has 132 valence electrons. The predicted octanol–water partition coefficient (Wildman–Crippen LogP) is 2.67. The molecule has 0 heterocycles. The molecule has 0 bridgehead atoms. The van der Waals surface area contributed by atoms with E-state index in [4.69, 9.17) is 18.9 Å². The average Bonchev–Trinajstić information content (AvgIpc) is 2.36. The first kappa shape index (κ1) is 21.2. The molecule has 0 aliphatic carbocycles. The molecule has 0 spiro atoms. The molecule has 0 amide bonds. The summed E-state index contributed by atoms with van der Waals surface area (Å²) in [7, 11) is 0. The van der Waals surface area contributed by atoms with Gasteiger partial charge in [-0.25, -0.2) is 19.2 Å². The maximum atomic E-state index is 11.5. The van der Waals surface area contributed by atoms with Gasteiger partial charge in [0.25, 0.3) is 0 Å². The molecule has 0 aromatic rings. The molecule has 0 aliphatic heterocycles. The van der Waals surface area contributed by atoms with Gasteiger partial charge in [0.2, 0.25) is 0 Å². The second-order valence-electron chi connectivity index (χ2n) is 5.09. The van der Waals surface area contributed by atoms with Crippen LogP contribution in [0.1, 0.15) is 41.5 Å². The summed E-state index contributed by atoms with van der Waals surface area (Å²) in [5, 5.41) is -2.07. The van der Waals surface area contributed by atoms with E-state index in [0.29, 0.717) is 0 Å². The molecule has 0 rings (SSSR count). The maximum absolute atomic E-state index is 11.5. The van der Waals surface area contributed by atoms with Crippen LogP contribution in [0.15, 0.2) is 0 Å². The quantitative estimate of drug-likeness (QED) is 0.528. The second-order valence-corrected chi connectivity index (χ2v) is 5.96. The van der Waals surface area contributed by atoms with Gasteiger partial charge in [0, 0.05) is 0 Å². The minimum absolute atomic E-state index is 0.0910. The fraction of sp³-hybridized carbons (Fsp3) is 0.714. The number of hydrogen-bond acceptors (Lipinski definition) is 9. The van der Waals surface area contributed by atoms with Crippen LogP contribution in [-0.4, -0.2) is 47.0 Å². The van der Waals surface area contributed by atoms with E-state index in [1.807, 2.05) is 0 Å². The number of rotatable bonds is 6. The van der Waals surface area contributed by atoms with Crippen LogP contribution in [0.2, 0.25) is 0 Å². The smallest absolute Gasteiger partial charge is 0.379 e. The number of carbonyl (C=O) groups is 4. The molecule has 0 aromatic heterocycles. The van der Waals surface area contributed by atoms with E-state index in [1.54, 1.807) is 27.7 Å². The van der Waals surface area contributed by atoms with Crippen molar-refractivity contribution < 1.29 is 38.1 Å². The Kier molecular flexibility index (Phi) is 9.31. The first-order valence-electron chi connectivity index (χ1n) is 7.03. The Balaban J connectivity index is 4.27. The van der Waals surface area contributed by atoms with Crippen molar-refractivity contribution in [1.29, 1.82) is 0 Å². The van der Waals surface area contributed by atoms with Crippen molar-refractivity contribution in [3.8, 4) is 0 Å². The van der Waals surface area contributed by atoms with E-state index in [-0.39, 0.29) is 24.0 Å². The third-order valence-corrected chi connectivity index (χ3v) is 2.61. The maximum Gasteiger partial charge on any atom is 0.379 e. The van der Waals surface area contributed by atoms with Gasteiger partial charge in [0.05, 0.1) is 24.0 Å². The van der Waals surface area contributed by atoms with E-state index >= 15 is 0 Å². The lowest BCUT2D eigenvalue weighted by Crippen LogP contribution is -2.29. The highest BCUT2D eigenvalue weighted by Crippen LogP contribution is 2.14. The normalized spacial score (nSPS) is 13.2. The third kappa shape index (κ3) is 9.77. The first-order chi connectivity index (χ1) is 10.5. The molecule has 9 heteroatoms. The van der Waals surface area contributed by atoms with Crippen LogP contribution in [0.25, 0.3) is 0 Å². The Hall–Kier alpha value is -1.77. The van der Waals surface area contributed by atoms with Crippen molar-refractivity contribution >= 4 is 34.3 Å². The lowest BCUT2D eigenvalue weighted by molar-refractivity contribution is -0.156. The average molecular weight is 350 g/mol. The highest BCUT2D eigenvalue weighted by Gasteiger charge is 2.26. The van der Waals surface area contributed by atoms with E-state index < -0.39 is 34.7 Å². The van der Waals surface area contributed by atoms with Gasteiger partial charge in [-0.3, -0.25) is 0 Å². The van der Waals surface area contributed by atoms with E-state index in [9.17, 15) is 19.2 Å². The summed E-state index contributed by atoms with van der Waals surface area (Å²) in [6, 6.07) is 0. The Morgan fingerprint density at radius 3 is 1.17 bits per heavy atom. The van der Waals surface area contributed by atoms with Crippen molar-refractivity contribution in [2.45, 2.75) is 66.0 Å². The SMILES string of the molecule is CC(C)OC(=O)C(C)OC(=O)SC(=O)OC(C)C(=O)OC(C)C. The summed E-state index contributed by atoms with van der Waals surface area (Å²) in [5.41, 5.74) is 0. The summed E-state index contributed by atoms with van der Waals surface area (Å²) >= 11 is 0.0910.